The third kappa shape index (κ3) is 4.17. The van der Waals surface area contributed by atoms with Crippen LogP contribution in [-0.4, -0.2) is 26.1 Å². The molecule has 0 bridgehead atoms. The van der Waals surface area contributed by atoms with E-state index >= 15 is 0 Å². The van der Waals surface area contributed by atoms with E-state index in [2.05, 4.69) is 32.4 Å². The van der Waals surface area contributed by atoms with Gasteiger partial charge in [-0.25, -0.2) is 4.98 Å². The van der Waals surface area contributed by atoms with Crippen molar-refractivity contribution < 1.29 is 4.79 Å². The van der Waals surface area contributed by atoms with E-state index in [0.717, 1.165) is 34.1 Å². The van der Waals surface area contributed by atoms with E-state index in [1.54, 1.807) is 12.4 Å². The number of nitrogens with one attached hydrogen (secondary N) is 1. The zero-order chi connectivity index (χ0) is 16.1. The van der Waals surface area contributed by atoms with Gasteiger partial charge in [0.1, 0.15) is 10.0 Å². The average Bonchev–Trinajstić information content (AvgIpc) is 3.18. The van der Waals surface area contributed by atoms with Crippen LogP contribution in [0.15, 0.2) is 29.9 Å². The number of aryl methyl sites for hydroxylation is 1. The van der Waals surface area contributed by atoms with E-state index < -0.39 is 0 Å². The highest BCUT2D eigenvalue weighted by Crippen LogP contribution is 2.23. The fourth-order valence-electron chi connectivity index (χ4n) is 1.96. The molecule has 0 spiro atoms. The third-order valence-electron chi connectivity index (χ3n) is 2.98. The third-order valence-corrected chi connectivity index (χ3v) is 4.82. The lowest BCUT2D eigenvalue weighted by atomic mass is 10.3. The Morgan fingerprint density at radius 2 is 2.26 bits per heavy atom. The van der Waals surface area contributed by atoms with Gasteiger partial charge in [0.25, 0.3) is 0 Å². The summed E-state index contributed by atoms with van der Waals surface area (Å²) in [4.78, 5) is 20.6. The number of hydrogen-bond donors (Lipinski definition) is 1. The van der Waals surface area contributed by atoms with Crippen LogP contribution in [0.5, 0.6) is 0 Å². The summed E-state index contributed by atoms with van der Waals surface area (Å²) in [5, 5.41) is 15.0. The molecule has 118 valence electrons. The topological polar surface area (TPSA) is 80.7 Å². The Bertz CT molecular complexity index is 784. The SMILES string of the molecule is CCCc1nnc(NC(=O)Cc2csc(-c3cccnc3)n2)s1. The number of nitrogens with zero attached hydrogens (tertiary/aromatic N) is 4. The first-order valence-corrected chi connectivity index (χ1v) is 8.91. The molecule has 0 atom stereocenters. The van der Waals surface area contributed by atoms with Crippen LogP contribution in [0, 0.1) is 0 Å². The first-order valence-electron chi connectivity index (χ1n) is 7.21. The summed E-state index contributed by atoms with van der Waals surface area (Å²) in [6.07, 6.45) is 5.60. The molecule has 3 heterocycles. The van der Waals surface area contributed by atoms with Crippen molar-refractivity contribution in [3.05, 3.63) is 40.6 Å². The summed E-state index contributed by atoms with van der Waals surface area (Å²) in [5.41, 5.74) is 1.70. The Morgan fingerprint density at radius 1 is 1.35 bits per heavy atom. The molecule has 8 heteroatoms. The number of anilines is 1. The first-order chi connectivity index (χ1) is 11.2. The predicted octanol–water partition coefficient (Wildman–Crippen LogP) is 3.19. The van der Waals surface area contributed by atoms with Crippen molar-refractivity contribution in [2.45, 2.75) is 26.2 Å². The molecule has 0 aliphatic heterocycles. The van der Waals surface area contributed by atoms with Gasteiger partial charge >= 0.3 is 0 Å². The van der Waals surface area contributed by atoms with Crippen LogP contribution in [0.4, 0.5) is 5.13 Å². The van der Waals surface area contributed by atoms with Crippen molar-refractivity contribution in [1.82, 2.24) is 20.2 Å². The predicted molar refractivity (Wildman–Crippen MR) is 91.6 cm³/mol. The smallest absolute Gasteiger partial charge is 0.232 e. The van der Waals surface area contributed by atoms with Crippen LogP contribution in [0.2, 0.25) is 0 Å². The van der Waals surface area contributed by atoms with Crippen molar-refractivity contribution >= 4 is 33.7 Å². The Kier molecular flexibility index (Phi) is 5.04. The minimum Gasteiger partial charge on any atom is -0.300 e. The van der Waals surface area contributed by atoms with Gasteiger partial charge in [-0.2, -0.15) is 0 Å². The van der Waals surface area contributed by atoms with E-state index in [0.29, 0.717) is 5.13 Å². The lowest BCUT2D eigenvalue weighted by Gasteiger charge is -1.98. The fraction of sp³-hybridized carbons (Fsp3) is 0.267. The van der Waals surface area contributed by atoms with Crippen LogP contribution in [0.1, 0.15) is 24.0 Å². The van der Waals surface area contributed by atoms with Gasteiger partial charge in [0.05, 0.1) is 12.1 Å². The normalized spacial score (nSPS) is 10.7. The number of carbonyl (C=O) groups excluding carboxylic acids is 1. The Balaban J connectivity index is 1.60. The summed E-state index contributed by atoms with van der Waals surface area (Å²) in [6.45, 7) is 2.09. The lowest BCUT2D eigenvalue weighted by molar-refractivity contribution is -0.115. The zero-order valence-electron chi connectivity index (χ0n) is 12.5. The van der Waals surface area contributed by atoms with Crippen molar-refractivity contribution in [3.63, 3.8) is 0 Å². The number of aromatic nitrogens is 4. The number of amides is 1. The number of carbonyl (C=O) groups is 1. The van der Waals surface area contributed by atoms with E-state index in [1.165, 1.54) is 22.7 Å². The molecule has 3 aromatic heterocycles. The molecule has 0 radical (unpaired) electrons. The van der Waals surface area contributed by atoms with E-state index in [1.807, 2.05) is 17.5 Å². The highest BCUT2D eigenvalue weighted by Gasteiger charge is 2.11. The minimum atomic E-state index is -0.132. The number of pyridine rings is 1. The molecule has 3 aromatic rings. The summed E-state index contributed by atoms with van der Waals surface area (Å²) in [7, 11) is 0. The molecule has 6 nitrogen and oxygen atoms in total. The van der Waals surface area contributed by atoms with Gasteiger partial charge in [0, 0.05) is 29.8 Å². The second kappa shape index (κ2) is 7.38. The molecule has 1 N–H and O–H groups in total. The standard InChI is InChI=1S/C15H15N5OS2/c1-2-4-13-19-20-15(23-13)18-12(21)7-11-9-22-14(17-11)10-5-3-6-16-8-10/h3,5-6,8-9H,2,4,7H2,1H3,(H,18,20,21). The van der Waals surface area contributed by atoms with E-state index in [-0.39, 0.29) is 12.3 Å². The largest absolute Gasteiger partial charge is 0.300 e. The van der Waals surface area contributed by atoms with Gasteiger partial charge in [0.15, 0.2) is 0 Å². The number of thiazole rings is 1. The fourth-order valence-corrected chi connectivity index (χ4v) is 3.63. The minimum absolute atomic E-state index is 0.132. The van der Waals surface area contributed by atoms with E-state index in [4.69, 9.17) is 0 Å². The van der Waals surface area contributed by atoms with Gasteiger partial charge in [0.2, 0.25) is 11.0 Å². The highest BCUT2D eigenvalue weighted by atomic mass is 32.1. The van der Waals surface area contributed by atoms with Crippen molar-refractivity contribution in [2.24, 2.45) is 0 Å². The molecular formula is C15H15N5OS2. The Morgan fingerprint density at radius 3 is 3.04 bits per heavy atom. The van der Waals surface area contributed by atoms with Gasteiger partial charge in [-0.15, -0.1) is 21.5 Å². The average molecular weight is 345 g/mol. The second-order valence-corrected chi connectivity index (χ2v) is 6.78. The van der Waals surface area contributed by atoms with Gasteiger partial charge in [-0.1, -0.05) is 18.3 Å². The summed E-state index contributed by atoms with van der Waals surface area (Å²) < 4.78 is 0. The molecular weight excluding hydrogens is 330 g/mol. The summed E-state index contributed by atoms with van der Waals surface area (Å²) in [6, 6.07) is 3.82. The number of rotatable bonds is 6. The van der Waals surface area contributed by atoms with Crippen molar-refractivity contribution in [1.29, 1.82) is 0 Å². The van der Waals surface area contributed by atoms with Gasteiger partial charge in [-0.05, 0) is 18.6 Å². The van der Waals surface area contributed by atoms with Gasteiger partial charge < -0.3 is 5.32 Å². The molecule has 23 heavy (non-hydrogen) atoms. The molecule has 0 aliphatic rings. The van der Waals surface area contributed by atoms with Crippen LogP contribution in [0.3, 0.4) is 0 Å². The maximum absolute atomic E-state index is 12.1. The number of hydrogen-bond acceptors (Lipinski definition) is 7. The van der Waals surface area contributed by atoms with Crippen LogP contribution >= 0.6 is 22.7 Å². The van der Waals surface area contributed by atoms with Crippen LogP contribution in [-0.2, 0) is 17.6 Å². The molecule has 1 amide bonds. The first kappa shape index (κ1) is 15.7. The van der Waals surface area contributed by atoms with Crippen molar-refractivity contribution in [3.8, 4) is 10.6 Å². The summed E-state index contributed by atoms with van der Waals surface area (Å²) >= 11 is 2.92. The molecule has 0 saturated carbocycles. The van der Waals surface area contributed by atoms with Crippen LogP contribution < -0.4 is 5.32 Å². The Hall–Kier alpha value is -2.19. The lowest BCUT2D eigenvalue weighted by Crippen LogP contribution is -2.14. The molecule has 0 fully saturated rings. The highest BCUT2D eigenvalue weighted by molar-refractivity contribution is 7.15. The summed E-state index contributed by atoms with van der Waals surface area (Å²) in [5.74, 6) is -0.132. The van der Waals surface area contributed by atoms with Gasteiger partial charge in [-0.3, -0.25) is 9.78 Å². The molecule has 3 rings (SSSR count). The molecule has 0 aromatic carbocycles. The monoisotopic (exact) mass is 345 g/mol. The van der Waals surface area contributed by atoms with E-state index in [9.17, 15) is 4.79 Å². The maximum atomic E-state index is 12.1. The second-order valence-electron chi connectivity index (χ2n) is 4.86. The van der Waals surface area contributed by atoms with Crippen LogP contribution in [0.25, 0.3) is 10.6 Å². The quantitative estimate of drug-likeness (QED) is 0.742. The molecule has 0 saturated heterocycles. The Labute approximate surface area is 141 Å². The molecule has 0 unspecified atom stereocenters. The van der Waals surface area contributed by atoms with Crippen molar-refractivity contribution in [2.75, 3.05) is 5.32 Å². The zero-order valence-corrected chi connectivity index (χ0v) is 14.2. The molecule has 0 aliphatic carbocycles. The maximum Gasteiger partial charge on any atom is 0.232 e.